The maximum atomic E-state index is 12.4. The first-order valence-corrected chi connectivity index (χ1v) is 8.25. The third-order valence-electron chi connectivity index (χ3n) is 3.52. The number of hydrogen-bond acceptors (Lipinski definition) is 2. The third-order valence-corrected chi connectivity index (χ3v) is 5.06. The zero-order valence-corrected chi connectivity index (χ0v) is 13.5. The molecule has 0 bridgehead atoms. The highest BCUT2D eigenvalue weighted by Gasteiger charge is 2.35. The zero-order chi connectivity index (χ0) is 15.0. The molecule has 2 aromatic rings. The topological polar surface area (TPSA) is 20.3 Å². The molecular weight excluding hydrogens is 302 g/mol. The molecule has 0 aliphatic carbocycles. The van der Waals surface area contributed by atoms with Gasteiger partial charge in [-0.3, -0.25) is 9.69 Å². The van der Waals surface area contributed by atoms with Gasteiger partial charge >= 0.3 is 0 Å². The highest BCUT2D eigenvalue weighted by atomic mass is 35.5. The van der Waals surface area contributed by atoms with Crippen LogP contribution in [0.15, 0.2) is 42.5 Å². The highest BCUT2D eigenvalue weighted by molar-refractivity contribution is 8.00. The molecule has 0 N–H and O–H groups in total. The van der Waals surface area contributed by atoms with Gasteiger partial charge in [0.05, 0.1) is 5.75 Å². The molecule has 0 radical (unpaired) electrons. The van der Waals surface area contributed by atoms with Crippen LogP contribution in [0.4, 0.5) is 5.69 Å². The van der Waals surface area contributed by atoms with Gasteiger partial charge in [-0.05, 0) is 43.2 Å². The van der Waals surface area contributed by atoms with Crippen LogP contribution in [-0.4, -0.2) is 11.7 Å². The Kier molecular flexibility index (Phi) is 3.96. The molecule has 108 valence electrons. The van der Waals surface area contributed by atoms with E-state index in [1.54, 1.807) is 11.8 Å². The van der Waals surface area contributed by atoms with E-state index < -0.39 is 0 Å². The van der Waals surface area contributed by atoms with Crippen LogP contribution in [-0.2, 0) is 4.79 Å². The van der Waals surface area contributed by atoms with E-state index in [2.05, 4.69) is 32.0 Å². The predicted octanol–water partition coefficient (Wildman–Crippen LogP) is 4.74. The maximum Gasteiger partial charge on any atom is 0.238 e. The molecule has 1 atom stereocenters. The molecule has 0 saturated carbocycles. The normalized spacial score (nSPS) is 18.3. The predicted molar refractivity (Wildman–Crippen MR) is 90.1 cm³/mol. The molecule has 3 rings (SSSR count). The smallest absolute Gasteiger partial charge is 0.238 e. The van der Waals surface area contributed by atoms with E-state index >= 15 is 0 Å². The number of amides is 1. The molecular formula is C17H16ClNOS. The molecule has 4 heteroatoms. The number of rotatable bonds is 2. The molecule has 0 unspecified atom stereocenters. The summed E-state index contributed by atoms with van der Waals surface area (Å²) >= 11 is 7.94. The highest BCUT2D eigenvalue weighted by Crippen LogP contribution is 2.44. The molecule has 1 fully saturated rings. The fraction of sp³-hybridized carbons (Fsp3) is 0.235. The van der Waals surface area contributed by atoms with Crippen LogP contribution < -0.4 is 4.90 Å². The molecule has 1 aliphatic heterocycles. The van der Waals surface area contributed by atoms with E-state index in [-0.39, 0.29) is 11.3 Å². The largest absolute Gasteiger partial charge is 0.295 e. The third kappa shape index (κ3) is 2.81. The van der Waals surface area contributed by atoms with E-state index in [4.69, 9.17) is 11.6 Å². The van der Waals surface area contributed by atoms with Crippen molar-refractivity contribution in [2.24, 2.45) is 0 Å². The summed E-state index contributed by atoms with van der Waals surface area (Å²) in [5.41, 5.74) is 4.27. The van der Waals surface area contributed by atoms with Crippen molar-refractivity contribution in [3.05, 3.63) is 64.2 Å². The minimum atomic E-state index is -0.0487. The minimum absolute atomic E-state index is 0.0487. The molecule has 1 amide bonds. The van der Waals surface area contributed by atoms with Gasteiger partial charge in [-0.15, -0.1) is 11.8 Å². The molecule has 0 aromatic heterocycles. The first-order chi connectivity index (χ1) is 10.1. The second-order valence-corrected chi connectivity index (χ2v) is 6.77. The van der Waals surface area contributed by atoms with Gasteiger partial charge in [-0.2, -0.15) is 0 Å². The van der Waals surface area contributed by atoms with Gasteiger partial charge in [0.25, 0.3) is 0 Å². The lowest BCUT2D eigenvalue weighted by atomic mass is 10.1. The Morgan fingerprint density at radius 1 is 1.14 bits per heavy atom. The fourth-order valence-corrected chi connectivity index (χ4v) is 4.22. The summed E-state index contributed by atoms with van der Waals surface area (Å²) in [5.74, 6) is 0.623. The Labute approximate surface area is 134 Å². The Bertz CT molecular complexity index is 681. The van der Waals surface area contributed by atoms with Gasteiger partial charge in [0.1, 0.15) is 5.37 Å². The lowest BCUT2D eigenvalue weighted by Crippen LogP contribution is -2.28. The number of carbonyl (C=O) groups is 1. The number of halogens is 1. The monoisotopic (exact) mass is 317 g/mol. The second kappa shape index (κ2) is 5.74. The SMILES string of the molecule is Cc1cc(C)cc(N2C(=O)CS[C@@H]2c2ccccc2Cl)c1. The van der Waals surface area contributed by atoms with Crippen molar-refractivity contribution in [2.45, 2.75) is 19.2 Å². The van der Waals surface area contributed by atoms with Crippen LogP contribution >= 0.6 is 23.4 Å². The van der Waals surface area contributed by atoms with Crippen molar-refractivity contribution in [2.75, 3.05) is 10.7 Å². The Hall–Kier alpha value is -1.45. The van der Waals surface area contributed by atoms with Gasteiger partial charge < -0.3 is 0 Å². The van der Waals surface area contributed by atoms with E-state index in [0.717, 1.165) is 22.4 Å². The first-order valence-electron chi connectivity index (χ1n) is 6.82. The summed E-state index contributed by atoms with van der Waals surface area (Å²) < 4.78 is 0. The van der Waals surface area contributed by atoms with Crippen LogP contribution in [0.3, 0.4) is 0 Å². The number of aryl methyl sites for hydroxylation is 2. The van der Waals surface area contributed by atoms with Crippen LogP contribution in [0.2, 0.25) is 5.02 Å². The molecule has 2 nitrogen and oxygen atoms in total. The van der Waals surface area contributed by atoms with Crippen LogP contribution in [0.25, 0.3) is 0 Å². The summed E-state index contributed by atoms with van der Waals surface area (Å²) in [7, 11) is 0. The van der Waals surface area contributed by atoms with Crippen molar-refractivity contribution in [1.82, 2.24) is 0 Å². The minimum Gasteiger partial charge on any atom is -0.295 e. The van der Waals surface area contributed by atoms with Crippen LogP contribution in [0.5, 0.6) is 0 Å². The van der Waals surface area contributed by atoms with Crippen LogP contribution in [0, 0.1) is 13.8 Å². The van der Waals surface area contributed by atoms with E-state index in [9.17, 15) is 4.79 Å². The van der Waals surface area contributed by atoms with Gasteiger partial charge in [-0.25, -0.2) is 0 Å². The Balaban J connectivity index is 2.06. The number of carbonyl (C=O) groups excluding carboxylic acids is 1. The van der Waals surface area contributed by atoms with Gasteiger partial charge in [0, 0.05) is 16.3 Å². The van der Waals surface area contributed by atoms with Gasteiger partial charge in [-0.1, -0.05) is 35.9 Å². The standard InChI is InChI=1S/C17H16ClNOS/c1-11-7-12(2)9-13(8-11)19-16(20)10-21-17(19)14-5-3-4-6-15(14)18/h3-9,17H,10H2,1-2H3/t17-/m1/s1. The van der Waals surface area contributed by atoms with Gasteiger partial charge in [0.2, 0.25) is 5.91 Å². The molecule has 2 aromatic carbocycles. The lowest BCUT2D eigenvalue weighted by molar-refractivity contribution is -0.115. The summed E-state index contributed by atoms with van der Waals surface area (Å²) in [6, 6.07) is 14.0. The van der Waals surface area contributed by atoms with Crippen molar-refractivity contribution in [3.8, 4) is 0 Å². The second-order valence-electron chi connectivity index (χ2n) is 5.29. The maximum absolute atomic E-state index is 12.4. The first kappa shape index (κ1) is 14.5. The summed E-state index contributed by atoms with van der Waals surface area (Å²) in [5, 5.41) is 0.659. The summed E-state index contributed by atoms with van der Waals surface area (Å²) in [6.07, 6.45) is 0. The van der Waals surface area contributed by atoms with Gasteiger partial charge in [0.15, 0.2) is 0 Å². The molecule has 0 spiro atoms. The molecule has 1 aliphatic rings. The number of nitrogens with zero attached hydrogens (tertiary/aromatic N) is 1. The zero-order valence-electron chi connectivity index (χ0n) is 12.0. The quantitative estimate of drug-likeness (QED) is 0.797. The molecule has 1 heterocycles. The van der Waals surface area contributed by atoms with Crippen molar-refractivity contribution >= 4 is 35.0 Å². The number of hydrogen-bond donors (Lipinski definition) is 0. The Morgan fingerprint density at radius 2 is 1.81 bits per heavy atom. The van der Waals surface area contributed by atoms with Crippen molar-refractivity contribution < 1.29 is 4.79 Å². The molecule has 21 heavy (non-hydrogen) atoms. The summed E-state index contributed by atoms with van der Waals surface area (Å²) in [4.78, 5) is 14.2. The Morgan fingerprint density at radius 3 is 2.48 bits per heavy atom. The average molecular weight is 318 g/mol. The fourth-order valence-electron chi connectivity index (χ4n) is 2.70. The average Bonchev–Trinajstić information content (AvgIpc) is 2.80. The lowest BCUT2D eigenvalue weighted by Gasteiger charge is -2.25. The number of benzene rings is 2. The van der Waals surface area contributed by atoms with E-state index in [1.165, 1.54) is 0 Å². The number of anilines is 1. The van der Waals surface area contributed by atoms with Crippen LogP contribution in [0.1, 0.15) is 22.1 Å². The number of thioether (sulfide) groups is 1. The van der Waals surface area contributed by atoms with Crippen molar-refractivity contribution in [1.29, 1.82) is 0 Å². The van der Waals surface area contributed by atoms with E-state index in [1.807, 2.05) is 29.2 Å². The van der Waals surface area contributed by atoms with Crippen molar-refractivity contribution in [3.63, 3.8) is 0 Å². The summed E-state index contributed by atoms with van der Waals surface area (Å²) in [6.45, 7) is 4.10. The van der Waals surface area contributed by atoms with E-state index in [0.29, 0.717) is 10.8 Å². The molecule has 1 saturated heterocycles.